The van der Waals surface area contributed by atoms with Crippen molar-refractivity contribution in [2.24, 2.45) is 5.73 Å². The predicted molar refractivity (Wildman–Crippen MR) is 137 cm³/mol. The Balaban J connectivity index is 1.61. The van der Waals surface area contributed by atoms with E-state index in [1.165, 1.54) is 0 Å². The maximum absolute atomic E-state index is 15.1. The minimum atomic E-state index is -0.814. The molecule has 1 saturated carbocycles. The fourth-order valence-corrected chi connectivity index (χ4v) is 4.33. The number of amides is 2. The summed E-state index contributed by atoms with van der Waals surface area (Å²) in [4.78, 5) is 33.1. The van der Waals surface area contributed by atoms with Crippen LogP contribution in [0.3, 0.4) is 0 Å². The molecule has 0 spiro atoms. The van der Waals surface area contributed by atoms with Gasteiger partial charge in [0.15, 0.2) is 11.6 Å². The van der Waals surface area contributed by atoms with Gasteiger partial charge in [-0.15, -0.1) is 0 Å². The first kappa shape index (κ1) is 25.2. The Labute approximate surface area is 209 Å². The lowest BCUT2D eigenvalue weighted by Gasteiger charge is -2.34. The van der Waals surface area contributed by atoms with Gasteiger partial charge in [-0.2, -0.15) is 0 Å². The van der Waals surface area contributed by atoms with E-state index in [1.807, 2.05) is 24.3 Å². The second-order valence-corrected chi connectivity index (χ2v) is 9.90. The minimum absolute atomic E-state index is 0.0430. The second kappa shape index (κ2) is 10.3. The van der Waals surface area contributed by atoms with Crippen molar-refractivity contribution in [1.82, 2.24) is 15.3 Å². The zero-order valence-electron chi connectivity index (χ0n) is 20.6. The standard InChI is InChI=1S/C26H31FN6O3/c1-26(2,3)36-25(35)32-20-11-7-6-10-19(20)30-24-18(27)12-17(22(28)34)23(33-24)31-21-14-29-13-15-8-4-5-9-16(15)21/h4-5,8-9,12-14,19-20H,6-7,10-11H2,1-3H3,(H2,28,34)(H,32,35)(H2,30,31,33). The van der Waals surface area contributed by atoms with Crippen molar-refractivity contribution in [2.75, 3.05) is 10.6 Å². The molecule has 10 heteroatoms. The summed E-state index contributed by atoms with van der Waals surface area (Å²) < 4.78 is 20.5. The number of carbonyl (C=O) groups excluding carboxylic acids is 2. The molecular weight excluding hydrogens is 463 g/mol. The average Bonchev–Trinajstić information content (AvgIpc) is 2.81. The van der Waals surface area contributed by atoms with Gasteiger partial charge < -0.3 is 26.4 Å². The van der Waals surface area contributed by atoms with Crippen LogP contribution in [-0.2, 0) is 4.74 Å². The molecule has 3 aromatic rings. The monoisotopic (exact) mass is 494 g/mol. The van der Waals surface area contributed by atoms with E-state index in [0.717, 1.165) is 29.7 Å². The lowest BCUT2D eigenvalue weighted by atomic mass is 9.90. The molecule has 2 amide bonds. The fourth-order valence-electron chi connectivity index (χ4n) is 4.33. The number of rotatable bonds is 6. The molecule has 0 radical (unpaired) electrons. The van der Waals surface area contributed by atoms with E-state index in [2.05, 4.69) is 25.9 Å². The van der Waals surface area contributed by atoms with Crippen LogP contribution < -0.4 is 21.7 Å². The van der Waals surface area contributed by atoms with Crippen molar-refractivity contribution in [3.05, 3.63) is 54.1 Å². The van der Waals surface area contributed by atoms with Crippen molar-refractivity contribution >= 4 is 40.1 Å². The number of carbonyl (C=O) groups is 2. The molecule has 1 aromatic carbocycles. The Hall–Kier alpha value is -3.95. The molecule has 0 aliphatic heterocycles. The van der Waals surface area contributed by atoms with Crippen LogP contribution in [0, 0.1) is 5.82 Å². The van der Waals surface area contributed by atoms with Crippen LogP contribution in [0.2, 0.25) is 0 Å². The number of fused-ring (bicyclic) bond motifs is 1. The Morgan fingerprint density at radius 2 is 1.81 bits per heavy atom. The Morgan fingerprint density at radius 1 is 1.08 bits per heavy atom. The van der Waals surface area contributed by atoms with Gasteiger partial charge in [-0.3, -0.25) is 9.78 Å². The maximum atomic E-state index is 15.1. The molecule has 0 bridgehead atoms. The summed E-state index contributed by atoms with van der Waals surface area (Å²) in [6.45, 7) is 5.38. The lowest BCUT2D eigenvalue weighted by molar-refractivity contribution is 0.0488. The second-order valence-electron chi connectivity index (χ2n) is 9.90. The summed E-state index contributed by atoms with van der Waals surface area (Å²) in [5, 5.41) is 10.9. The number of anilines is 3. The molecule has 4 rings (SSSR count). The predicted octanol–water partition coefficient (Wildman–Crippen LogP) is 4.86. The molecule has 36 heavy (non-hydrogen) atoms. The van der Waals surface area contributed by atoms with Gasteiger partial charge in [0.25, 0.3) is 5.91 Å². The molecule has 1 aliphatic rings. The van der Waals surface area contributed by atoms with Crippen LogP contribution in [0.25, 0.3) is 10.8 Å². The van der Waals surface area contributed by atoms with Gasteiger partial charge in [-0.1, -0.05) is 37.1 Å². The normalized spacial score (nSPS) is 17.9. The fraction of sp³-hybridized carbons (Fsp3) is 0.385. The number of hydrogen-bond acceptors (Lipinski definition) is 7. The summed E-state index contributed by atoms with van der Waals surface area (Å²) >= 11 is 0. The Bertz CT molecular complexity index is 1270. The van der Waals surface area contributed by atoms with E-state index in [9.17, 15) is 9.59 Å². The average molecular weight is 495 g/mol. The topological polar surface area (TPSA) is 131 Å². The number of alkyl carbamates (subject to hydrolysis) is 1. The number of pyridine rings is 2. The number of aromatic nitrogens is 2. The maximum Gasteiger partial charge on any atom is 0.407 e. The molecule has 2 unspecified atom stereocenters. The van der Waals surface area contributed by atoms with Crippen molar-refractivity contribution < 1.29 is 18.7 Å². The van der Waals surface area contributed by atoms with Crippen LogP contribution in [0.4, 0.5) is 26.5 Å². The van der Waals surface area contributed by atoms with E-state index in [-0.39, 0.29) is 29.3 Å². The first-order chi connectivity index (χ1) is 17.1. The number of nitrogens with zero attached hydrogens (tertiary/aromatic N) is 2. The highest BCUT2D eigenvalue weighted by Crippen LogP contribution is 2.30. The number of benzene rings is 1. The lowest BCUT2D eigenvalue weighted by Crippen LogP contribution is -2.50. The first-order valence-electron chi connectivity index (χ1n) is 12.0. The van der Waals surface area contributed by atoms with Gasteiger partial charge in [-0.05, 0) is 39.7 Å². The van der Waals surface area contributed by atoms with Crippen molar-refractivity contribution in [3.63, 3.8) is 0 Å². The summed E-state index contributed by atoms with van der Waals surface area (Å²) in [6.07, 6.45) is 6.06. The van der Waals surface area contributed by atoms with Crippen LogP contribution >= 0.6 is 0 Å². The van der Waals surface area contributed by atoms with E-state index >= 15 is 4.39 Å². The summed E-state index contributed by atoms with van der Waals surface area (Å²) in [5.74, 6) is -1.46. The summed E-state index contributed by atoms with van der Waals surface area (Å²) in [6, 6.07) is 8.11. The number of ether oxygens (including phenoxy) is 1. The molecule has 2 atom stereocenters. The minimum Gasteiger partial charge on any atom is -0.444 e. The number of nitrogens with one attached hydrogen (secondary N) is 3. The third kappa shape index (κ3) is 5.99. The zero-order valence-corrected chi connectivity index (χ0v) is 20.6. The van der Waals surface area contributed by atoms with E-state index in [1.54, 1.807) is 33.2 Å². The smallest absolute Gasteiger partial charge is 0.407 e. The van der Waals surface area contributed by atoms with Gasteiger partial charge in [0.1, 0.15) is 11.4 Å². The van der Waals surface area contributed by atoms with Crippen molar-refractivity contribution in [1.29, 1.82) is 0 Å². The summed E-state index contributed by atoms with van der Waals surface area (Å²) in [7, 11) is 0. The van der Waals surface area contributed by atoms with Crippen molar-refractivity contribution in [2.45, 2.75) is 64.1 Å². The Kier molecular flexibility index (Phi) is 7.23. The third-order valence-corrected chi connectivity index (χ3v) is 5.95. The number of primary amides is 1. The Morgan fingerprint density at radius 3 is 2.53 bits per heavy atom. The SMILES string of the molecule is CC(C)(C)OC(=O)NC1CCCCC1Nc1nc(Nc2cncc3ccccc23)c(C(N)=O)cc1F. The molecule has 0 saturated heterocycles. The van der Waals surface area contributed by atoms with Gasteiger partial charge >= 0.3 is 6.09 Å². The molecular formula is C26H31FN6O3. The van der Waals surface area contributed by atoms with Crippen LogP contribution in [-0.4, -0.2) is 39.7 Å². The quantitative estimate of drug-likeness (QED) is 0.385. The number of halogens is 1. The molecule has 190 valence electrons. The third-order valence-electron chi connectivity index (χ3n) is 5.95. The molecule has 5 N–H and O–H groups in total. The van der Waals surface area contributed by atoms with E-state index in [0.29, 0.717) is 18.5 Å². The molecule has 2 heterocycles. The van der Waals surface area contributed by atoms with Crippen LogP contribution in [0.5, 0.6) is 0 Å². The highest BCUT2D eigenvalue weighted by Gasteiger charge is 2.30. The van der Waals surface area contributed by atoms with Crippen LogP contribution in [0.1, 0.15) is 56.8 Å². The van der Waals surface area contributed by atoms with E-state index in [4.69, 9.17) is 10.5 Å². The molecule has 1 fully saturated rings. The highest BCUT2D eigenvalue weighted by molar-refractivity contribution is 6.01. The first-order valence-corrected chi connectivity index (χ1v) is 12.0. The van der Waals surface area contributed by atoms with Gasteiger partial charge in [0.05, 0.1) is 23.5 Å². The highest BCUT2D eigenvalue weighted by atomic mass is 19.1. The van der Waals surface area contributed by atoms with E-state index < -0.39 is 23.4 Å². The van der Waals surface area contributed by atoms with Crippen molar-refractivity contribution in [3.8, 4) is 0 Å². The molecule has 2 aromatic heterocycles. The van der Waals surface area contributed by atoms with Gasteiger partial charge in [0, 0.05) is 23.0 Å². The number of hydrogen-bond donors (Lipinski definition) is 4. The summed E-state index contributed by atoms with van der Waals surface area (Å²) in [5.41, 5.74) is 5.41. The molecule has 9 nitrogen and oxygen atoms in total. The van der Waals surface area contributed by atoms with Gasteiger partial charge in [-0.25, -0.2) is 14.2 Å². The zero-order chi connectivity index (χ0) is 25.9. The number of nitrogens with two attached hydrogens (primary N) is 1. The van der Waals surface area contributed by atoms with Gasteiger partial charge in [0.2, 0.25) is 0 Å². The van der Waals surface area contributed by atoms with Crippen LogP contribution in [0.15, 0.2) is 42.7 Å². The largest absolute Gasteiger partial charge is 0.444 e. The molecule has 1 aliphatic carbocycles.